The number of thioether (sulfide) groups is 1. The normalized spacial score (nSPS) is 10.8. The van der Waals surface area contributed by atoms with E-state index < -0.39 is 0 Å². The Morgan fingerprint density at radius 3 is 2.52 bits per heavy atom. The maximum atomic E-state index is 6.10. The smallest absolute Gasteiger partial charge is 0.229 e. The van der Waals surface area contributed by atoms with Crippen LogP contribution >= 0.6 is 23.4 Å². The summed E-state index contributed by atoms with van der Waals surface area (Å²) in [5, 5.41) is 9.43. The average Bonchev–Trinajstić information content (AvgIpc) is 2.94. The molecule has 0 bridgehead atoms. The van der Waals surface area contributed by atoms with Crippen molar-refractivity contribution in [2.24, 2.45) is 0 Å². The lowest BCUT2D eigenvalue weighted by Crippen LogP contribution is -2.16. The fraction of sp³-hybridized carbons (Fsp3) is 0.214. The number of aromatic nitrogens is 6. The van der Waals surface area contributed by atoms with E-state index in [1.54, 1.807) is 17.0 Å². The summed E-state index contributed by atoms with van der Waals surface area (Å²) in [6.45, 7) is 0. The van der Waals surface area contributed by atoms with Crippen LogP contribution in [-0.2, 0) is 5.75 Å². The van der Waals surface area contributed by atoms with Gasteiger partial charge in [0, 0.05) is 24.7 Å². The topological polar surface area (TPSA) is 125 Å². The van der Waals surface area contributed by atoms with Crippen molar-refractivity contribution in [2.45, 2.75) is 10.9 Å². The van der Waals surface area contributed by atoms with E-state index in [0.29, 0.717) is 33.5 Å². The van der Waals surface area contributed by atoms with E-state index in [-0.39, 0.29) is 5.95 Å². The molecule has 0 saturated carbocycles. The monoisotopic (exact) mass is 377 g/mol. The zero-order valence-corrected chi connectivity index (χ0v) is 15.2. The molecule has 2 heterocycles. The first-order valence-corrected chi connectivity index (χ1v) is 8.57. The zero-order chi connectivity index (χ0) is 18.0. The summed E-state index contributed by atoms with van der Waals surface area (Å²) in [4.78, 5) is 14.3. The molecule has 3 rings (SSSR count). The Balaban J connectivity index is 1.77. The first kappa shape index (κ1) is 17.2. The molecule has 0 radical (unpaired) electrons. The molecule has 0 aliphatic heterocycles. The number of hydrogen-bond donors (Lipinski definition) is 2. The fourth-order valence-corrected chi connectivity index (χ4v) is 2.83. The van der Waals surface area contributed by atoms with Gasteiger partial charge in [0.15, 0.2) is 5.82 Å². The predicted octanol–water partition coefficient (Wildman–Crippen LogP) is 1.44. The minimum absolute atomic E-state index is 0.172. The lowest BCUT2D eigenvalue weighted by Gasteiger charge is -2.11. The van der Waals surface area contributed by atoms with Crippen LogP contribution in [0.3, 0.4) is 0 Å². The number of halogens is 1. The maximum Gasteiger partial charge on any atom is 0.229 e. The number of benzene rings is 1. The molecule has 1 aromatic carbocycles. The van der Waals surface area contributed by atoms with Gasteiger partial charge < -0.3 is 16.5 Å². The zero-order valence-electron chi connectivity index (χ0n) is 13.6. The minimum atomic E-state index is 0.172. The SMILES string of the molecule is CN(C)c1nc(N)nc(CSc2nnc(-c3ccc(Cl)cc3)n2N)n1. The largest absolute Gasteiger partial charge is 0.368 e. The van der Waals surface area contributed by atoms with E-state index in [1.807, 2.05) is 26.2 Å². The Hall–Kier alpha value is -2.59. The highest BCUT2D eigenvalue weighted by molar-refractivity contribution is 7.98. The van der Waals surface area contributed by atoms with Crippen molar-refractivity contribution in [3.63, 3.8) is 0 Å². The highest BCUT2D eigenvalue weighted by atomic mass is 35.5. The Morgan fingerprint density at radius 1 is 1.12 bits per heavy atom. The summed E-state index contributed by atoms with van der Waals surface area (Å²) >= 11 is 7.26. The lowest BCUT2D eigenvalue weighted by molar-refractivity contribution is 0.846. The molecule has 0 amide bonds. The van der Waals surface area contributed by atoms with Crippen LogP contribution in [0.5, 0.6) is 0 Å². The van der Waals surface area contributed by atoms with Crippen LogP contribution in [0.15, 0.2) is 29.4 Å². The number of nitrogens with zero attached hydrogens (tertiary/aromatic N) is 7. The minimum Gasteiger partial charge on any atom is -0.368 e. The fourth-order valence-electron chi connectivity index (χ4n) is 1.99. The second kappa shape index (κ2) is 7.11. The summed E-state index contributed by atoms with van der Waals surface area (Å²) in [6.07, 6.45) is 0. The van der Waals surface area contributed by atoms with Crippen molar-refractivity contribution in [3.8, 4) is 11.4 Å². The summed E-state index contributed by atoms with van der Waals surface area (Å²) in [5.74, 6) is 8.29. The third-order valence-corrected chi connectivity index (χ3v) is 4.38. The number of nitrogens with two attached hydrogens (primary N) is 2. The number of hydrogen-bond acceptors (Lipinski definition) is 9. The van der Waals surface area contributed by atoms with E-state index >= 15 is 0 Å². The van der Waals surface area contributed by atoms with E-state index in [9.17, 15) is 0 Å². The van der Waals surface area contributed by atoms with E-state index in [4.69, 9.17) is 23.2 Å². The molecule has 3 aromatic rings. The van der Waals surface area contributed by atoms with Gasteiger partial charge in [-0.05, 0) is 24.3 Å². The Bertz CT molecular complexity index is 879. The van der Waals surface area contributed by atoms with Crippen LogP contribution in [0.2, 0.25) is 5.02 Å². The van der Waals surface area contributed by atoms with E-state index in [2.05, 4.69) is 25.1 Å². The molecule has 130 valence electrons. The molecule has 25 heavy (non-hydrogen) atoms. The first-order valence-electron chi connectivity index (χ1n) is 7.21. The van der Waals surface area contributed by atoms with Crippen LogP contribution < -0.4 is 16.5 Å². The van der Waals surface area contributed by atoms with Gasteiger partial charge in [0.25, 0.3) is 0 Å². The van der Waals surface area contributed by atoms with Gasteiger partial charge in [-0.15, -0.1) is 10.2 Å². The van der Waals surface area contributed by atoms with Crippen LogP contribution in [-0.4, -0.2) is 43.9 Å². The van der Waals surface area contributed by atoms with Gasteiger partial charge in [-0.3, -0.25) is 0 Å². The number of rotatable bonds is 5. The van der Waals surface area contributed by atoms with E-state index in [1.165, 1.54) is 16.4 Å². The number of anilines is 2. The van der Waals surface area contributed by atoms with Crippen molar-refractivity contribution in [2.75, 3.05) is 30.6 Å². The second-order valence-electron chi connectivity index (χ2n) is 5.28. The average molecular weight is 378 g/mol. The number of nitrogen functional groups attached to an aromatic ring is 2. The molecule has 0 aliphatic rings. The van der Waals surface area contributed by atoms with Gasteiger partial charge in [-0.2, -0.15) is 15.0 Å². The third-order valence-electron chi connectivity index (χ3n) is 3.18. The molecule has 4 N–H and O–H groups in total. The summed E-state index contributed by atoms with van der Waals surface area (Å²) < 4.78 is 1.42. The molecular formula is C14H16ClN9S. The molecule has 2 aromatic heterocycles. The maximum absolute atomic E-state index is 6.10. The molecule has 0 aliphatic carbocycles. The summed E-state index contributed by atoms with van der Waals surface area (Å²) in [7, 11) is 3.67. The highest BCUT2D eigenvalue weighted by Gasteiger charge is 2.14. The second-order valence-corrected chi connectivity index (χ2v) is 6.65. The molecular weight excluding hydrogens is 362 g/mol. The predicted molar refractivity (Wildman–Crippen MR) is 98.7 cm³/mol. The van der Waals surface area contributed by atoms with Crippen molar-refractivity contribution in [1.29, 1.82) is 0 Å². The van der Waals surface area contributed by atoms with Gasteiger partial charge in [-0.1, -0.05) is 23.4 Å². The summed E-state index contributed by atoms with van der Waals surface area (Å²) in [5.41, 5.74) is 6.55. The first-order chi connectivity index (χ1) is 11.9. The lowest BCUT2D eigenvalue weighted by atomic mass is 10.2. The molecule has 0 saturated heterocycles. The molecule has 0 fully saturated rings. The van der Waals surface area contributed by atoms with Crippen LogP contribution in [0.1, 0.15) is 5.82 Å². The van der Waals surface area contributed by atoms with Crippen molar-refractivity contribution >= 4 is 35.3 Å². The van der Waals surface area contributed by atoms with Gasteiger partial charge in [-0.25, -0.2) is 4.68 Å². The van der Waals surface area contributed by atoms with Crippen LogP contribution in [0.4, 0.5) is 11.9 Å². The Kier molecular flexibility index (Phi) is 4.91. The molecule has 11 heteroatoms. The van der Waals surface area contributed by atoms with Crippen molar-refractivity contribution < 1.29 is 0 Å². The van der Waals surface area contributed by atoms with Crippen LogP contribution in [0, 0.1) is 0 Å². The van der Waals surface area contributed by atoms with Crippen molar-refractivity contribution in [3.05, 3.63) is 35.1 Å². The van der Waals surface area contributed by atoms with Crippen LogP contribution in [0.25, 0.3) is 11.4 Å². The summed E-state index contributed by atoms with van der Waals surface area (Å²) in [6, 6.07) is 7.21. The molecule has 0 spiro atoms. The third kappa shape index (κ3) is 3.91. The molecule has 0 atom stereocenters. The molecule has 0 unspecified atom stereocenters. The quantitative estimate of drug-likeness (QED) is 0.501. The van der Waals surface area contributed by atoms with Gasteiger partial charge in [0.1, 0.15) is 5.82 Å². The Morgan fingerprint density at radius 2 is 1.84 bits per heavy atom. The van der Waals surface area contributed by atoms with E-state index in [0.717, 1.165) is 5.56 Å². The van der Waals surface area contributed by atoms with Gasteiger partial charge >= 0.3 is 0 Å². The van der Waals surface area contributed by atoms with Gasteiger partial charge in [0.05, 0.1) is 5.75 Å². The van der Waals surface area contributed by atoms with Gasteiger partial charge in [0.2, 0.25) is 17.1 Å². The standard InChI is InChI=1S/C14H16ClN9S/c1-23(2)13-19-10(18-12(16)20-13)7-25-14-22-21-11(24(14)17)8-3-5-9(15)6-4-8/h3-6H,7,17H2,1-2H3,(H2,16,18,19,20). The molecule has 9 nitrogen and oxygen atoms in total. The Labute approximate surface area is 153 Å². The highest BCUT2D eigenvalue weighted by Crippen LogP contribution is 2.24. The van der Waals surface area contributed by atoms with Crippen molar-refractivity contribution in [1.82, 2.24) is 29.8 Å².